The summed E-state index contributed by atoms with van der Waals surface area (Å²) in [5.74, 6) is -0.787. The van der Waals surface area contributed by atoms with Crippen molar-refractivity contribution in [1.29, 1.82) is 0 Å². The van der Waals surface area contributed by atoms with E-state index in [2.05, 4.69) is 5.10 Å². The predicted molar refractivity (Wildman–Crippen MR) is 78.8 cm³/mol. The molecule has 1 N–H and O–H groups in total. The Morgan fingerprint density at radius 1 is 1.43 bits per heavy atom. The van der Waals surface area contributed by atoms with Gasteiger partial charge in [-0.25, -0.2) is 0 Å². The van der Waals surface area contributed by atoms with Gasteiger partial charge in [0.15, 0.2) is 0 Å². The largest absolute Gasteiger partial charge is 0.480 e. The minimum atomic E-state index is -0.787. The van der Waals surface area contributed by atoms with Crippen molar-refractivity contribution in [3.8, 4) is 0 Å². The molecule has 1 atom stereocenters. The van der Waals surface area contributed by atoms with Crippen molar-refractivity contribution < 1.29 is 9.90 Å². The Bertz CT molecular complexity index is 650. The topological polar surface area (TPSA) is 58.4 Å². The predicted octanol–water partition coefficient (Wildman–Crippen LogP) is 2.09. The highest BCUT2D eigenvalue weighted by atomic mass is 16.4. The summed E-state index contributed by atoms with van der Waals surface area (Å²) in [5, 5.41) is 13.9. The molecule has 21 heavy (non-hydrogen) atoms. The molecule has 0 bridgehead atoms. The van der Waals surface area contributed by atoms with Gasteiger partial charge in [0.05, 0.1) is 6.20 Å². The fourth-order valence-corrected chi connectivity index (χ4v) is 2.97. The number of rotatable bonds is 4. The molecule has 0 radical (unpaired) electrons. The summed E-state index contributed by atoms with van der Waals surface area (Å²) in [6.45, 7) is 4.23. The molecule has 0 amide bonds. The Balaban J connectivity index is 1.87. The first-order chi connectivity index (χ1) is 10.2. The minimum absolute atomic E-state index is 0.570. The Morgan fingerprint density at radius 2 is 2.24 bits per heavy atom. The van der Waals surface area contributed by atoms with Crippen LogP contribution in [0, 0.1) is 0 Å². The van der Waals surface area contributed by atoms with Gasteiger partial charge >= 0.3 is 5.97 Å². The third-order valence-corrected chi connectivity index (χ3v) is 4.01. The van der Waals surface area contributed by atoms with Gasteiger partial charge in [0.25, 0.3) is 0 Å². The van der Waals surface area contributed by atoms with Crippen LogP contribution in [-0.4, -0.2) is 32.3 Å². The van der Waals surface area contributed by atoms with Gasteiger partial charge in [0.2, 0.25) is 0 Å². The Hall–Kier alpha value is -2.14. The van der Waals surface area contributed by atoms with Gasteiger partial charge in [-0.05, 0) is 24.5 Å². The number of carboxylic acids is 1. The fourth-order valence-electron chi connectivity index (χ4n) is 2.97. The average molecular weight is 285 g/mol. The molecular formula is C16H19N3O2. The number of hydrogen-bond donors (Lipinski definition) is 1. The van der Waals surface area contributed by atoms with Crippen LogP contribution in [0.25, 0.3) is 0 Å². The van der Waals surface area contributed by atoms with Gasteiger partial charge in [-0.2, -0.15) is 5.10 Å². The molecule has 0 saturated heterocycles. The molecule has 3 rings (SSSR count). The molecule has 2 heterocycles. The van der Waals surface area contributed by atoms with Crippen LogP contribution < -0.4 is 0 Å². The number of aryl methyl sites for hydroxylation is 1. The number of carbonyl (C=O) groups is 1. The van der Waals surface area contributed by atoms with E-state index < -0.39 is 12.0 Å². The van der Waals surface area contributed by atoms with Crippen molar-refractivity contribution in [3.05, 3.63) is 53.3 Å². The number of fused-ring (bicyclic) bond motifs is 1. The van der Waals surface area contributed by atoms with E-state index >= 15 is 0 Å². The fraction of sp³-hybridized carbons (Fsp3) is 0.375. The lowest BCUT2D eigenvalue weighted by Crippen LogP contribution is -2.39. The first kappa shape index (κ1) is 13.8. The van der Waals surface area contributed by atoms with Crippen LogP contribution in [0.5, 0.6) is 0 Å². The number of aromatic nitrogens is 2. The lowest BCUT2D eigenvalue weighted by molar-refractivity contribution is -0.144. The monoisotopic (exact) mass is 285 g/mol. The van der Waals surface area contributed by atoms with Crippen molar-refractivity contribution in [3.63, 3.8) is 0 Å². The molecule has 110 valence electrons. The maximum absolute atomic E-state index is 11.7. The maximum Gasteiger partial charge on any atom is 0.325 e. The van der Waals surface area contributed by atoms with Crippen molar-refractivity contribution >= 4 is 5.97 Å². The van der Waals surface area contributed by atoms with Crippen LogP contribution in [0.3, 0.4) is 0 Å². The molecule has 0 spiro atoms. The smallest absolute Gasteiger partial charge is 0.325 e. The zero-order chi connectivity index (χ0) is 14.8. The summed E-state index contributed by atoms with van der Waals surface area (Å²) < 4.78 is 1.86. The zero-order valence-corrected chi connectivity index (χ0v) is 12.1. The standard InChI is InChI=1S/C16H19N3O2/c1-2-19-11-12(9-17-19)10-18-8-7-13-5-3-4-6-14(13)15(18)16(20)21/h3-6,9,11,15H,2,7-8,10H2,1H3,(H,20,21). The molecule has 0 saturated carbocycles. The van der Waals surface area contributed by atoms with Crippen LogP contribution in [-0.2, 0) is 24.3 Å². The van der Waals surface area contributed by atoms with E-state index in [9.17, 15) is 9.90 Å². The molecule has 0 aliphatic carbocycles. The molecular weight excluding hydrogens is 266 g/mol. The van der Waals surface area contributed by atoms with Crippen LogP contribution >= 0.6 is 0 Å². The van der Waals surface area contributed by atoms with E-state index in [1.807, 2.05) is 53.2 Å². The van der Waals surface area contributed by atoms with Gasteiger partial charge < -0.3 is 5.11 Å². The van der Waals surface area contributed by atoms with E-state index in [4.69, 9.17) is 0 Å². The highest BCUT2D eigenvalue weighted by Crippen LogP contribution is 2.31. The SMILES string of the molecule is CCn1cc(CN2CCc3ccccc3C2C(=O)O)cn1. The summed E-state index contributed by atoms with van der Waals surface area (Å²) in [5.41, 5.74) is 3.12. The van der Waals surface area contributed by atoms with E-state index in [1.165, 1.54) is 0 Å². The molecule has 1 aliphatic rings. The van der Waals surface area contributed by atoms with Crippen LogP contribution in [0.2, 0.25) is 0 Å². The molecule has 0 fully saturated rings. The first-order valence-electron chi connectivity index (χ1n) is 7.25. The molecule has 1 unspecified atom stereocenters. The molecule has 5 nitrogen and oxygen atoms in total. The molecule has 2 aromatic rings. The van der Waals surface area contributed by atoms with E-state index in [0.29, 0.717) is 6.54 Å². The number of nitrogens with zero attached hydrogens (tertiary/aromatic N) is 3. The summed E-state index contributed by atoms with van der Waals surface area (Å²) in [7, 11) is 0. The summed E-state index contributed by atoms with van der Waals surface area (Å²) in [4.78, 5) is 13.7. The van der Waals surface area contributed by atoms with E-state index in [0.717, 1.165) is 36.2 Å². The van der Waals surface area contributed by atoms with Gasteiger partial charge in [-0.3, -0.25) is 14.4 Å². The lowest BCUT2D eigenvalue weighted by atomic mass is 9.92. The van der Waals surface area contributed by atoms with E-state index in [-0.39, 0.29) is 0 Å². The Morgan fingerprint density at radius 3 is 2.95 bits per heavy atom. The van der Waals surface area contributed by atoms with Gasteiger partial charge in [-0.15, -0.1) is 0 Å². The zero-order valence-electron chi connectivity index (χ0n) is 12.1. The van der Waals surface area contributed by atoms with Crippen molar-refractivity contribution in [1.82, 2.24) is 14.7 Å². The number of benzene rings is 1. The quantitative estimate of drug-likeness (QED) is 0.934. The second-order valence-corrected chi connectivity index (χ2v) is 5.36. The second kappa shape index (κ2) is 5.69. The molecule has 1 aromatic carbocycles. The highest BCUT2D eigenvalue weighted by molar-refractivity contribution is 5.76. The van der Waals surface area contributed by atoms with Crippen molar-refractivity contribution in [2.45, 2.75) is 32.5 Å². The normalized spacial score (nSPS) is 18.4. The third-order valence-electron chi connectivity index (χ3n) is 4.01. The number of carboxylic acid groups (broad SMARTS) is 1. The minimum Gasteiger partial charge on any atom is -0.480 e. The average Bonchev–Trinajstić information content (AvgIpc) is 2.94. The summed E-state index contributed by atoms with van der Waals surface area (Å²) >= 11 is 0. The molecule has 1 aromatic heterocycles. The molecule has 1 aliphatic heterocycles. The van der Waals surface area contributed by atoms with Gasteiger partial charge in [0.1, 0.15) is 6.04 Å². The highest BCUT2D eigenvalue weighted by Gasteiger charge is 2.32. The summed E-state index contributed by atoms with van der Waals surface area (Å²) in [6.07, 6.45) is 4.70. The van der Waals surface area contributed by atoms with Crippen LogP contribution in [0.15, 0.2) is 36.7 Å². The molecule has 5 heteroatoms. The van der Waals surface area contributed by atoms with Crippen LogP contribution in [0.1, 0.15) is 29.7 Å². The Kier molecular flexibility index (Phi) is 3.75. The summed E-state index contributed by atoms with van der Waals surface area (Å²) in [6, 6.07) is 7.26. The van der Waals surface area contributed by atoms with Gasteiger partial charge in [-0.1, -0.05) is 24.3 Å². The van der Waals surface area contributed by atoms with Crippen molar-refractivity contribution in [2.75, 3.05) is 6.54 Å². The van der Waals surface area contributed by atoms with Gasteiger partial charge in [0, 0.05) is 31.4 Å². The lowest BCUT2D eigenvalue weighted by Gasteiger charge is -2.34. The number of hydrogen-bond acceptors (Lipinski definition) is 3. The third kappa shape index (κ3) is 2.69. The Labute approximate surface area is 123 Å². The first-order valence-corrected chi connectivity index (χ1v) is 7.25. The maximum atomic E-state index is 11.7. The number of aliphatic carboxylic acids is 1. The van der Waals surface area contributed by atoms with E-state index in [1.54, 1.807) is 0 Å². The van der Waals surface area contributed by atoms with Crippen LogP contribution in [0.4, 0.5) is 0 Å². The second-order valence-electron chi connectivity index (χ2n) is 5.36. The van der Waals surface area contributed by atoms with Crippen molar-refractivity contribution in [2.24, 2.45) is 0 Å².